The van der Waals surface area contributed by atoms with Crippen LogP contribution in [0.4, 0.5) is 0 Å². The summed E-state index contributed by atoms with van der Waals surface area (Å²) in [4.78, 5) is 25.0. The number of esters is 1. The summed E-state index contributed by atoms with van der Waals surface area (Å²) in [6.07, 6.45) is 22.3. The van der Waals surface area contributed by atoms with Crippen molar-refractivity contribution >= 4 is 11.8 Å². The van der Waals surface area contributed by atoms with Crippen LogP contribution in [0.1, 0.15) is 131 Å². The van der Waals surface area contributed by atoms with Crippen molar-refractivity contribution in [1.29, 1.82) is 0 Å². The van der Waals surface area contributed by atoms with Gasteiger partial charge in [-0.2, -0.15) is 0 Å². The Morgan fingerprint density at radius 2 is 1.13 bits per heavy atom. The molecule has 0 aliphatic rings. The smallest absolute Gasteiger partial charge is 0.320 e. The van der Waals surface area contributed by atoms with E-state index in [2.05, 4.69) is 19.1 Å². The lowest BCUT2D eigenvalue weighted by Crippen LogP contribution is -2.48. The molecule has 0 spiro atoms. The van der Waals surface area contributed by atoms with Crippen LogP contribution in [-0.4, -0.2) is 18.4 Å². The van der Waals surface area contributed by atoms with E-state index in [-0.39, 0.29) is 23.6 Å². The molecule has 0 aromatic rings. The van der Waals surface area contributed by atoms with Crippen LogP contribution in [0.25, 0.3) is 0 Å². The van der Waals surface area contributed by atoms with Crippen molar-refractivity contribution in [3.63, 3.8) is 0 Å². The monoisotopic (exact) mass is 436 g/mol. The molecule has 0 saturated heterocycles. The van der Waals surface area contributed by atoms with Gasteiger partial charge in [-0.05, 0) is 50.9 Å². The van der Waals surface area contributed by atoms with E-state index in [1.165, 1.54) is 84.0 Å². The van der Waals surface area contributed by atoms with Crippen molar-refractivity contribution in [3.8, 4) is 0 Å². The number of ether oxygens (including phenoxy) is 1. The summed E-state index contributed by atoms with van der Waals surface area (Å²) in [5.74, 6) is -0.532. The molecule has 0 bridgehead atoms. The molecule has 0 atom stereocenters. The van der Waals surface area contributed by atoms with E-state index in [1.54, 1.807) is 0 Å². The van der Waals surface area contributed by atoms with Crippen LogP contribution in [0.2, 0.25) is 0 Å². The predicted octanol–water partition coefficient (Wildman–Crippen LogP) is 8.45. The minimum atomic E-state index is -1.01. The zero-order valence-electron chi connectivity index (χ0n) is 21.6. The van der Waals surface area contributed by atoms with E-state index >= 15 is 0 Å². The van der Waals surface area contributed by atoms with Gasteiger partial charge in [0.1, 0.15) is 11.2 Å². The first-order chi connectivity index (χ1) is 14.8. The molecule has 182 valence electrons. The highest BCUT2D eigenvalue weighted by Gasteiger charge is 2.50. The third-order valence-corrected chi connectivity index (χ3v) is 6.63. The molecular formula is C28H52O3. The number of hydrogen-bond donors (Lipinski definition) is 0. The summed E-state index contributed by atoms with van der Waals surface area (Å²) in [5, 5.41) is 0. The second-order valence-corrected chi connectivity index (χ2v) is 9.81. The summed E-state index contributed by atoms with van der Waals surface area (Å²) in [6.45, 7) is 12.0. The fraction of sp³-hybridized carbons (Fsp3) is 0.857. The summed E-state index contributed by atoms with van der Waals surface area (Å²) in [7, 11) is 0. The van der Waals surface area contributed by atoms with Crippen molar-refractivity contribution in [1.82, 2.24) is 0 Å². The fourth-order valence-corrected chi connectivity index (χ4v) is 4.73. The lowest BCUT2D eigenvalue weighted by Gasteiger charge is -2.36. The number of ketones is 1. The van der Waals surface area contributed by atoms with Crippen LogP contribution in [0.3, 0.4) is 0 Å². The van der Waals surface area contributed by atoms with E-state index in [9.17, 15) is 9.59 Å². The molecule has 3 nitrogen and oxygen atoms in total. The summed E-state index contributed by atoms with van der Waals surface area (Å²) in [5.41, 5.74) is -1.01. The van der Waals surface area contributed by atoms with Gasteiger partial charge in [-0.25, -0.2) is 0 Å². The molecule has 0 N–H and O–H groups in total. The maximum absolute atomic E-state index is 12.7. The molecule has 0 aromatic carbocycles. The van der Waals surface area contributed by atoms with Crippen LogP contribution in [0.5, 0.6) is 0 Å². The first kappa shape index (κ1) is 29.9. The Bertz CT molecular complexity index is 482. The Morgan fingerprint density at radius 1 is 0.710 bits per heavy atom. The Balaban J connectivity index is 3.74. The van der Waals surface area contributed by atoms with E-state index in [0.29, 0.717) is 6.61 Å². The Morgan fingerprint density at radius 3 is 1.55 bits per heavy atom. The van der Waals surface area contributed by atoms with E-state index in [0.717, 1.165) is 12.8 Å². The maximum atomic E-state index is 12.7. The van der Waals surface area contributed by atoms with Gasteiger partial charge in [0.15, 0.2) is 0 Å². The molecule has 0 saturated carbocycles. The van der Waals surface area contributed by atoms with Crippen LogP contribution in [0, 0.1) is 17.3 Å². The van der Waals surface area contributed by atoms with Crippen molar-refractivity contribution in [3.05, 3.63) is 12.2 Å². The highest BCUT2D eigenvalue weighted by molar-refractivity contribution is 6.03. The van der Waals surface area contributed by atoms with Crippen LogP contribution >= 0.6 is 0 Å². The minimum absolute atomic E-state index is 0.0580. The van der Waals surface area contributed by atoms with Gasteiger partial charge in [0.25, 0.3) is 0 Å². The number of Topliss-reactive ketones (excluding diaryl/α,β-unsaturated/α-hetero) is 1. The van der Waals surface area contributed by atoms with E-state index in [4.69, 9.17) is 4.74 Å². The molecule has 0 fully saturated rings. The lowest BCUT2D eigenvalue weighted by atomic mass is 9.66. The predicted molar refractivity (Wildman–Crippen MR) is 133 cm³/mol. The number of carbonyl (C=O) groups excluding carboxylic acids is 2. The highest BCUT2D eigenvalue weighted by atomic mass is 16.5. The molecular weight excluding hydrogens is 384 g/mol. The molecule has 0 radical (unpaired) electrons. The lowest BCUT2D eigenvalue weighted by molar-refractivity contribution is -0.167. The standard InChI is InChI=1S/C28H52O3/c1-7-8-9-10-11-12-13-14-15-16-17-18-19-20-21-22-23-31-27(30)28(24(2)3,25(4)5)26(6)29/h14-15,24-25H,7-13,16-23H2,1-6H3/b15-14-. The fourth-order valence-electron chi connectivity index (χ4n) is 4.73. The molecule has 3 heteroatoms. The second kappa shape index (κ2) is 18.5. The van der Waals surface area contributed by atoms with Gasteiger partial charge in [0, 0.05) is 0 Å². The molecule has 0 amide bonds. The third-order valence-electron chi connectivity index (χ3n) is 6.63. The Kier molecular flexibility index (Phi) is 17.8. The number of allylic oxidation sites excluding steroid dienone is 2. The van der Waals surface area contributed by atoms with Crippen molar-refractivity contribution in [2.45, 2.75) is 131 Å². The van der Waals surface area contributed by atoms with Gasteiger partial charge in [-0.3, -0.25) is 9.59 Å². The Hall–Kier alpha value is -1.12. The summed E-state index contributed by atoms with van der Waals surface area (Å²) in [6, 6.07) is 0. The highest BCUT2D eigenvalue weighted by Crippen LogP contribution is 2.38. The normalized spacial score (nSPS) is 12.3. The topological polar surface area (TPSA) is 43.4 Å². The van der Waals surface area contributed by atoms with Gasteiger partial charge in [0.2, 0.25) is 0 Å². The van der Waals surface area contributed by atoms with Gasteiger partial charge < -0.3 is 4.74 Å². The number of hydrogen-bond acceptors (Lipinski definition) is 3. The van der Waals surface area contributed by atoms with E-state index in [1.807, 2.05) is 27.7 Å². The minimum Gasteiger partial charge on any atom is -0.465 e. The maximum Gasteiger partial charge on any atom is 0.320 e. The molecule has 0 aliphatic carbocycles. The second-order valence-electron chi connectivity index (χ2n) is 9.81. The summed E-state index contributed by atoms with van der Waals surface area (Å²) < 4.78 is 5.54. The van der Waals surface area contributed by atoms with Crippen molar-refractivity contribution in [2.24, 2.45) is 17.3 Å². The van der Waals surface area contributed by atoms with Gasteiger partial charge in [-0.15, -0.1) is 0 Å². The Labute approximate surface area is 193 Å². The molecule has 0 rings (SSSR count). The van der Waals surface area contributed by atoms with Gasteiger partial charge in [0.05, 0.1) is 6.61 Å². The largest absolute Gasteiger partial charge is 0.465 e. The SMILES string of the molecule is CCCCCCCC/C=C\CCCCCCCCOC(=O)C(C(C)=O)(C(C)C)C(C)C. The summed E-state index contributed by atoms with van der Waals surface area (Å²) >= 11 is 0. The average molecular weight is 437 g/mol. The van der Waals surface area contributed by atoms with Gasteiger partial charge in [-0.1, -0.05) is 105 Å². The van der Waals surface area contributed by atoms with Crippen LogP contribution < -0.4 is 0 Å². The molecule has 0 heterocycles. The van der Waals surface area contributed by atoms with Crippen LogP contribution in [0.15, 0.2) is 12.2 Å². The average Bonchev–Trinajstić information content (AvgIpc) is 2.69. The third kappa shape index (κ3) is 11.9. The van der Waals surface area contributed by atoms with Crippen molar-refractivity contribution in [2.75, 3.05) is 6.61 Å². The van der Waals surface area contributed by atoms with Gasteiger partial charge >= 0.3 is 5.97 Å². The number of rotatable bonds is 20. The zero-order valence-corrected chi connectivity index (χ0v) is 21.6. The number of unbranched alkanes of at least 4 members (excludes halogenated alkanes) is 12. The zero-order chi connectivity index (χ0) is 23.5. The first-order valence-electron chi connectivity index (χ1n) is 13.1. The number of carbonyl (C=O) groups is 2. The molecule has 0 unspecified atom stereocenters. The molecule has 31 heavy (non-hydrogen) atoms. The quantitative estimate of drug-likeness (QED) is 0.0832. The van der Waals surface area contributed by atoms with Crippen molar-refractivity contribution < 1.29 is 14.3 Å². The molecule has 0 aromatic heterocycles. The molecule has 0 aliphatic heterocycles. The van der Waals surface area contributed by atoms with Crippen LogP contribution in [-0.2, 0) is 14.3 Å². The van der Waals surface area contributed by atoms with E-state index < -0.39 is 5.41 Å². The first-order valence-corrected chi connectivity index (χ1v) is 13.1.